The van der Waals surface area contributed by atoms with Crippen LogP contribution < -0.4 is 10.2 Å². The first-order chi connectivity index (χ1) is 14.7. The van der Waals surface area contributed by atoms with Crippen LogP contribution in [0.3, 0.4) is 0 Å². The van der Waals surface area contributed by atoms with Crippen molar-refractivity contribution in [1.82, 2.24) is 14.8 Å². The number of nitrogens with one attached hydrogen (secondary N) is 1. The zero-order valence-corrected chi connectivity index (χ0v) is 17.2. The van der Waals surface area contributed by atoms with E-state index >= 15 is 0 Å². The highest BCUT2D eigenvalue weighted by molar-refractivity contribution is 7.99. The molecule has 12 heteroatoms. The Balaban J connectivity index is 1.42. The number of nitrogens with zero attached hydrogens (tertiary/aromatic N) is 4. The highest BCUT2D eigenvalue weighted by Gasteiger charge is 2.31. The fraction of sp³-hybridized carbons (Fsp3) is 0.211. The highest BCUT2D eigenvalue weighted by Crippen LogP contribution is 2.35. The number of fused-ring (bicyclic) bond motifs is 1. The molecule has 1 amide bonds. The van der Waals surface area contributed by atoms with Crippen LogP contribution in [-0.2, 0) is 17.5 Å². The zero-order chi connectivity index (χ0) is 22.2. The summed E-state index contributed by atoms with van der Waals surface area (Å²) in [5, 5.41) is 11.1. The molecule has 1 aliphatic rings. The fourth-order valence-electron chi connectivity index (χ4n) is 3.06. The van der Waals surface area contributed by atoms with E-state index < -0.39 is 17.6 Å². The maximum atomic E-state index is 13.2. The van der Waals surface area contributed by atoms with Crippen molar-refractivity contribution >= 4 is 46.6 Å². The molecule has 2 heterocycles. The number of hydrogen-bond acceptors (Lipinski definition) is 5. The first kappa shape index (κ1) is 21.4. The third kappa shape index (κ3) is 4.62. The zero-order valence-electron chi connectivity index (χ0n) is 15.7. The molecule has 1 N–H and O–H groups in total. The van der Waals surface area contributed by atoms with E-state index in [1.165, 1.54) is 12.1 Å². The molecule has 0 unspecified atom stereocenters. The van der Waals surface area contributed by atoms with Gasteiger partial charge in [0.05, 0.1) is 22.0 Å². The molecule has 3 aromatic rings. The molecule has 1 aliphatic heterocycles. The molecule has 31 heavy (non-hydrogen) atoms. The van der Waals surface area contributed by atoms with Gasteiger partial charge in [-0.15, -0.1) is 10.2 Å². The predicted molar refractivity (Wildman–Crippen MR) is 109 cm³/mol. The summed E-state index contributed by atoms with van der Waals surface area (Å²) in [5.41, 5.74) is -0.256. The van der Waals surface area contributed by atoms with E-state index in [9.17, 15) is 22.4 Å². The summed E-state index contributed by atoms with van der Waals surface area (Å²) in [6.07, 6.45) is -4.54. The Labute approximate surface area is 183 Å². The quantitative estimate of drug-likeness (QED) is 0.420. The molecular formula is C19H14ClF4N5OS. The standard InChI is InChI=1S/C19H14ClF4N5OS/c20-14-6-1-11(19(22,23)24)9-15(14)25-16(30)10-31-18-27-26-17-28(7-8-29(17)18)13-4-2-12(21)3-5-13/h1-6,9H,7-8,10H2,(H,25,30). The number of thioether (sulfide) groups is 1. The van der Waals surface area contributed by atoms with Crippen molar-refractivity contribution in [2.45, 2.75) is 17.9 Å². The van der Waals surface area contributed by atoms with E-state index in [4.69, 9.17) is 11.6 Å². The molecule has 0 bridgehead atoms. The third-order valence-corrected chi connectivity index (χ3v) is 5.82. The van der Waals surface area contributed by atoms with Gasteiger partial charge in [-0.05, 0) is 42.5 Å². The lowest BCUT2D eigenvalue weighted by Gasteiger charge is -2.14. The normalized spacial score (nSPS) is 13.4. The van der Waals surface area contributed by atoms with Crippen molar-refractivity contribution in [3.05, 3.63) is 58.9 Å². The Kier molecular flexibility index (Phi) is 5.80. The second-order valence-electron chi connectivity index (χ2n) is 6.59. The minimum atomic E-state index is -4.54. The summed E-state index contributed by atoms with van der Waals surface area (Å²) < 4.78 is 53.6. The molecular weight excluding hydrogens is 458 g/mol. The second-order valence-corrected chi connectivity index (χ2v) is 7.94. The molecule has 0 spiro atoms. The lowest BCUT2D eigenvalue weighted by molar-refractivity contribution is -0.137. The van der Waals surface area contributed by atoms with Gasteiger partial charge < -0.3 is 10.2 Å². The molecule has 1 aromatic heterocycles. The van der Waals surface area contributed by atoms with E-state index in [0.717, 1.165) is 35.6 Å². The first-order valence-electron chi connectivity index (χ1n) is 8.98. The van der Waals surface area contributed by atoms with Gasteiger partial charge in [0.15, 0.2) is 5.16 Å². The molecule has 0 radical (unpaired) electrons. The van der Waals surface area contributed by atoms with E-state index in [1.807, 2.05) is 9.47 Å². The largest absolute Gasteiger partial charge is 0.416 e. The Morgan fingerprint density at radius 1 is 1.13 bits per heavy atom. The number of halogens is 5. The average Bonchev–Trinajstić information content (AvgIpc) is 3.30. The van der Waals surface area contributed by atoms with Crippen LogP contribution in [0.2, 0.25) is 5.02 Å². The minimum absolute atomic E-state index is 0.00431. The summed E-state index contributed by atoms with van der Waals surface area (Å²) in [5.74, 6) is -0.402. The molecule has 0 saturated heterocycles. The van der Waals surface area contributed by atoms with Gasteiger partial charge in [0.2, 0.25) is 11.9 Å². The SMILES string of the molecule is O=C(CSc1nnc2n1CCN2c1ccc(F)cc1)Nc1cc(C(F)(F)F)ccc1Cl. The second kappa shape index (κ2) is 8.39. The molecule has 162 valence electrons. The van der Waals surface area contributed by atoms with Gasteiger partial charge in [0, 0.05) is 18.8 Å². The van der Waals surface area contributed by atoms with Crippen molar-refractivity contribution in [1.29, 1.82) is 0 Å². The van der Waals surface area contributed by atoms with Gasteiger partial charge in [0.1, 0.15) is 5.82 Å². The van der Waals surface area contributed by atoms with Crippen LogP contribution in [0.15, 0.2) is 47.6 Å². The van der Waals surface area contributed by atoms with Gasteiger partial charge in [-0.1, -0.05) is 23.4 Å². The van der Waals surface area contributed by atoms with Gasteiger partial charge in [0.25, 0.3) is 0 Å². The lowest BCUT2D eigenvalue weighted by atomic mass is 10.2. The molecule has 2 aromatic carbocycles. The van der Waals surface area contributed by atoms with E-state index in [-0.39, 0.29) is 22.3 Å². The van der Waals surface area contributed by atoms with Gasteiger partial charge >= 0.3 is 6.18 Å². The lowest BCUT2D eigenvalue weighted by Crippen LogP contribution is -2.16. The number of rotatable bonds is 5. The number of aromatic nitrogens is 3. The van der Waals surface area contributed by atoms with Gasteiger partial charge in [-0.2, -0.15) is 13.2 Å². The maximum absolute atomic E-state index is 13.2. The van der Waals surface area contributed by atoms with Gasteiger partial charge in [-0.25, -0.2) is 4.39 Å². The molecule has 0 aliphatic carbocycles. The number of amides is 1. The Bertz CT molecular complexity index is 1120. The van der Waals surface area contributed by atoms with Crippen molar-refractivity contribution in [3.63, 3.8) is 0 Å². The van der Waals surface area contributed by atoms with Crippen molar-refractivity contribution in [2.24, 2.45) is 0 Å². The molecule has 4 rings (SSSR count). The van der Waals surface area contributed by atoms with Crippen LogP contribution >= 0.6 is 23.4 Å². The van der Waals surface area contributed by atoms with Crippen LogP contribution in [0.1, 0.15) is 5.56 Å². The Morgan fingerprint density at radius 3 is 2.58 bits per heavy atom. The average molecular weight is 472 g/mol. The molecule has 0 fully saturated rings. The number of carbonyl (C=O) groups is 1. The number of benzene rings is 2. The third-order valence-electron chi connectivity index (χ3n) is 4.52. The fourth-order valence-corrected chi connectivity index (χ4v) is 3.99. The maximum Gasteiger partial charge on any atom is 0.416 e. The van der Waals surface area contributed by atoms with Crippen molar-refractivity contribution in [3.8, 4) is 0 Å². The summed E-state index contributed by atoms with van der Waals surface area (Å²) in [6.45, 7) is 1.18. The van der Waals surface area contributed by atoms with E-state index in [2.05, 4.69) is 15.5 Å². The van der Waals surface area contributed by atoms with Crippen LogP contribution in [0.5, 0.6) is 0 Å². The smallest absolute Gasteiger partial charge is 0.324 e. The van der Waals surface area contributed by atoms with Crippen LogP contribution in [0.4, 0.5) is 34.9 Å². The van der Waals surface area contributed by atoms with Gasteiger partial charge in [-0.3, -0.25) is 9.36 Å². The van der Waals surface area contributed by atoms with E-state index in [0.29, 0.717) is 24.2 Å². The van der Waals surface area contributed by atoms with Crippen molar-refractivity contribution in [2.75, 3.05) is 22.5 Å². The predicted octanol–water partition coefficient (Wildman–Crippen LogP) is 4.97. The van der Waals surface area contributed by atoms with Crippen LogP contribution in [-0.4, -0.2) is 33.0 Å². The number of hydrogen-bond donors (Lipinski definition) is 1. The first-order valence-corrected chi connectivity index (χ1v) is 10.3. The highest BCUT2D eigenvalue weighted by atomic mass is 35.5. The number of carbonyl (C=O) groups excluding carboxylic acids is 1. The van der Waals surface area contributed by atoms with Crippen LogP contribution in [0.25, 0.3) is 0 Å². The Morgan fingerprint density at radius 2 is 1.87 bits per heavy atom. The van der Waals surface area contributed by atoms with Crippen LogP contribution in [0, 0.1) is 5.82 Å². The minimum Gasteiger partial charge on any atom is -0.324 e. The summed E-state index contributed by atoms with van der Waals surface area (Å²) in [7, 11) is 0. The Hall–Kier alpha value is -2.79. The molecule has 0 atom stereocenters. The topological polar surface area (TPSA) is 63.1 Å². The monoisotopic (exact) mass is 471 g/mol. The summed E-state index contributed by atoms with van der Waals surface area (Å²) in [4.78, 5) is 14.1. The summed E-state index contributed by atoms with van der Waals surface area (Å²) in [6, 6.07) is 8.71. The summed E-state index contributed by atoms with van der Waals surface area (Å²) >= 11 is 7.01. The number of anilines is 3. The number of alkyl halides is 3. The molecule has 0 saturated carbocycles. The van der Waals surface area contributed by atoms with Crippen molar-refractivity contribution < 1.29 is 22.4 Å². The van der Waals surface area contributed by atoms with E-state index in [1.54, 1.807) is 12.1 Å². The molecule has 6 nitrogen and oxygen atoms in total.